The van der Waals surface area contributed by atoms with E-state index in [9.17, 15) is 4.79 Å². The fraction of sp³-hybridized carbons (Fsp3) is 0.375. The molecule has 0 radical (unpaired) electrons. The minimum atomic E-state index is -0.111. The van der Waals surface area contributed by atoms with Crippen molar-refractivity contribution in [3.8, 4) is 5.69 Å². The van der Waals surface area contributed by atoms with Crippen LogP contribution >= 0.6 is 28.3 Å². The van der Waals surface area contributed by atoms with Gasteiger partial charge in [0.05, 0.1) is 5.69 Å². The van der Waals surface area contributed by atoms with Crippen LogP contribution in [0.15, 0.2) is 41.0 Å². The van der Waals surface area contributed by atoms with Crippen LogP contribution in [0.1, 0.15) is 23.3 Å². The Labute approximate surface area is 150 Å². The number of hydrogen-bond acceptors (Lipinski definition) is 3. The van der Waals surface area contributed by atoms with Crippen molar-refractivity contribution < 1.29 is 4.79 Å². The third kappa shape index (κ3) is 4.80. The van der Waals surface area contributed by atoms with Gasteiger partial charge < -0.3 is 10.6 Å². The average molecular weight is 400 g/mol. The first-order valence-corrected chi connectivity index (χ1v) is 8.32. The fourth-order valence-corrected chi connectivity index (χ4v) is 3.04. The first kappa shape index (κ1) is 18.0. The number of halogens is 2. The van der Waals surface area contributed by atoms with E-state index in [2.05, 4.69) is 31.7 Å². The van der Waals surface area contributed by atoms with Gasteiger partial charge in [0, 0.05) is 17.2 Å². The monoisotopic (exact) mass is 398 g/mol. The summed E-state index contributed by atoms with van der Waals surface area (Å²) in [6.07, 6.45) is 4.02. The smallest absolute Gasteiger partial charge is 0.271 e. The molecule has 124 valence electrons. The molecule has 1 unspecified atom stereocenters. The Hall–Kier alpha value is -1.37. The number of aromatic nitrogens is 2. The lowest BCUT2D eigenvalue weighted by atomic mass is 10.1. The molecule has 23 heavy (non-hydrogen) atoms. The van der Waals surface area contributed by atoms with E-state index < -0.39 is 0 Å². The average Bonchev–Trinajstić information content (AvgIpc) is 3.19. The summed E-state index contributed by atoms with van der Waals surface area (Å²) < 4.78 is 2.69. The van der Waals surface area contributed by atoms with Gasteiger partial charge in [-0.3, -0.25) is 4.79 Å². The molecule has 0 spiro atoms. The highest BCUT2D eigenvalue weighted by atomic mass is 79.9. The van der Waals surface area contributed by atoms with Crippen molar-refractivity contribution in [1.82, 2.24) is 20.4 Å². The van der Waals surface area contributed by atoms with E-state index in [4.69, 9.17) is 0 Å². The number of benzene rings is 1. The molecule has 0 saturated carbocycles. The molecule has 1 saturated heterocycles. The van der Waals surface area contributed by atoms with Crippen molar-refractivity contribution in [2.24, 2.45) is 5.92 Å². The third-order valence-corrected chi connectivity index (χ3v) is 4.39. The zero-order chi connectivity index (χ0) is 15.4. The van der Waals surface area contributed by atoms with Crippen LogP contribution in [-0.4, -0.2) is 35.3 Å². The molecule has 1 aromatic heterocycles. The van der Waals surface area contributed by atoms with Crippen LogP contribution in [0.4, 0.5) is 0 Å². The molecule has 5 nitrogen and oxygen atoms in total. The Morgan fingerprint density at radius 1 is 1.43 bits per heavy atom. The minimum Gasteiger partial charge on any atom is -0.351 e. The van der Waals surface area contributed by atoms with Gasteiger partial charge in [0.25, 0.3) is 5.91 Å². The maximum atomic E-state index is 12.1. The van der Waals surface area contributed by atoms with Gasteiger partial charge >= 0.3 is 0 Å². The van der Waals surface area contributed by atoms with Crippen molar-refractivity contribution >= 4 is 34.2 Å². The molecule has 1 amide bonds. The number of rotatable bonds is 5. The number of hydrogen-bond donors (Lipinski definition) is 2. The summed E-state index contributed by atoms with van der Waals surface area (Å²) in [5.41, 5.74) is 1.37. The molecule has 0 bridgehead atoms. The maximum absolute atomic E-state index is 12.1. The largest absolute Gasteiger partial charge is 0.351 e. The maximum Gasteiger partial charge on any atom is 0.271 e. The zero-order valence-corrected chi connectivity index (χ0v) is 15.1. The van der Waals surface area contributed by atoms with Crippen molar-refractivity contribution in [3.63, 3.8) is 0 Å². The van der Waals surface area contributed by atoms with Gasteiger partial charge in [-0.2, -0.15) is 5.10 Å². The summed E-state index contributed by atoms with van der Waals surface area (Å²) in [4.78, 5) is 12.1. The second-order valence-corrected chi connectivity index (χ2v) is 6.44. The molecule has 2 aromatic rings. The lowest BCUT2D eigenvalue weighted by Gasteiger charge is -2.08. The second kappa shape index (κ2) is 8.47. The Balaban J connectivity index is 0.00000192. The normalized spacial score (nSPS) is 16.8. The summed E-state index contributed by atoms with van der Waals surface area (Å²) in [6, 6.07) is 9.55. The predicted molar refractivity (Wildman–Crippen MR) is 96.4 cm³/mol. The van der Waals surface area contributed by atoms with E-state index in [-0.39, 0.29) is 18.3 Å². The summed E-state index contributed by atoms with van der Waals surface area (Å²) in [6.45, 7) is 2.86. The van der Waals surface area contributed by atoms with Crippen molar-refractivity contribution in [1.29, 1.82) is 0 Å². The molecule has 0 aliphatic carbocycles. The van der Waals surface area contributed by atoms with E-state index in [0.29, 0.717) is 18.2 Å². The lowest BCUT2D eigenvalue weighted by Crippen LogP contribution is -2.26. The summed E-state index contributed by atoms with van der Waals surface area (Å²) in [5.74, 6) is 0.569. The van der Waals surface area contributed by atoms with E-state index in [1.165, 1.54) is 6.42 Å². The summed E-state index contributed by atoms with van der Waals surface area (Å²) in [7, 11) is 0. The molecule has 2 heterocycles. The van der Waals surface area contributed by atoms with Crippen molar-refractivity contribution in [3.05, 3.63) is 46.7 Å². The minimum absolute atomic E-state index is 0. The lowest BCUT2D eigenvalue weighted by molar-refractivity contribution is 0.0946. The molecule has 1 aliphatic heterocycles. The highest BCUT2D eigenvalue weighted by Crippen LogP contribution is 2.15. The van der Waals surface area contributed by atoms with Gasteiger partial charge in [-0.15, -0.1) is 12.4 Å². The van der Waals surface area contributed by atoms with Crippen LogP contribution in [0.5, 0.6) is 0 Å². The first-order valence-electron chi connectivity index (χ1n) is 7.53. The third-order valence-electron chi connectivity index (χ3n) is 3.89. The Morgan fingerprint density at radius 2 is 2.30 bits per heavy atom. The van der Waals surface area contributed by atoms with Crippen LogP contribution in [0.3, 0.4) is 0 Å². The fourth-order valence-electron chi connectivity index (χ4n) is 2.65. The van der Waals surface area contributed by atoms with E-state index in [1.807, 2.05) is 24.3 Å². The summed E-state index contributed by atoms with van der Waals surface area (Å²) in [5, 5.41) is 10.6. The van der Waals surface area contributed by atoms with Gasteiger partial charge in [-0.05, 0) is 56.1 Å². The van der Waals surface area contributed by atoms with Gasteiger partial charge in [0.2, 0.25) is 0 Å². The Bertz CT molecular complexity index is 655. The number of amides is 1. The van der Waals surface area contributed by atoms with E-state index in [1.54, 1.807) is 16.9 Å². The van der Waals surface area contributed by atoms with Crippen molar-refractivity contribution in [2.75, 3.05) is 19.6 Å². The molecule has 7 heteroatoms. The van der Waals surface area contributed by atoms with Gasteiger partial charge in [-0.25, -0.2) is 4.68 Å². The quantitative estimate of drug-likeness (QED) is 0.813. The SMILES string of the molecule is Cl.O=C(NCCC1CCNC1)c1ccn(-c2cccc(Br)c2)n1. The molecule has 1 aliphatic rings. The van der Waals surface area contributed by atoms with Crippen LogP contribution < -0.4 is 10.6 Å². The Morgan fingerprint density at radius 3 is 3.04 bits per heavy atom. The van der Waals surface area contributed by atoms with Gasteiger partial charge in [0.15, 0.2) is 5.69 Å². The highest BCUT2D eigenvalue weighted by molar-refractivity contribution is 9.10. The standard InChI is InChI=1S/C16H19BrN4O.ClH/c17-13-2-1-3-14(10-13)21-9-6-15(20-21)16(22)19-8-5-12-4-7-18-11-12;/h1-3,6,9-10,12,18H,4-5,7-8,11H2,(H,19,22);1H. The molecule has 1 atom stereocenters. The topological polar surface area (TPSA) is 59.0 Å². The predicted octanol–water partition coefficient (Wildman–Crippen LogP) is 2.79. The molecule has 1 aromatic carbocycles. The highest BCUT2D eigenvalue weighted by Gasteiger charge is 2.15. The van der Waals surface area contributed by atoms with E-state index in [0.717, 1.165) is 29.7 Å². The molecular formula is C16H20BrClN4O. The number of nitrogens with zero attached hydrogens (tertiary/aromatic N) is 2. The number of carbonyl (C=O) groups excluding carboxylic acids is 1. The van der Waals surface area contributed by atoms with Crippen molar-refractivity contribution in [2.45, 2.75) is 12.8 Å². The number of nitrogens with one attached hydrogen (secondary N) is 2. The molecule has 1 fully saturated rings. The van der Waals surface area contributed by atoms with Crippen LogP contribution in [0.25, 0.3) is 5.69 Å². The van der Waals surface area contributed by atoms with Crippen LogP contribution in [0.2, 0.25) is 0 Å². The number of carbonyl (C=O) groups is 1. The van der Waals surface area contributed by atoms with Gasteiger partial charge in [-0.1, -0.05) is 22.0 Å². The van der Waals surface area contributed by atoms with Gasteiger partial charge in [0.1, 0.15) is 0 Å². The van der Waals surface area contributed by atoms with Crippen LogP contribution in [0, 0.1) is 5.92 Å². The van der Waals surface area contributed by atoms with E-state index >= 15 is 0 Å². The molecular weight excluding hydrogens is 380 g/mol. The second-order valence-electron chi connectivity index (χ2n) is 5.53. The van der Waals surface area contributed by atoms with Crippen LogP contribution in [-0.2, 0) is 0 Å². The molecule has 3 rings (SSSR count). The zero-order valence-electron chi connectivity index (χ0n) is 12.7. The Kier molecular flexibility index (Phi) is 6.62. The first-order chi connectivity index (χ1) is 10.7. The molecule has 2 N–H and O–H groups in total. The summed E-state index contributed by atoms with van der Waals surface area (Å²) >= 11 is 3.44.